The molecule has 0 radical (unpaired) electrons. The third-order valence-electron chi connectivity index (χ3n) is 5.08. The first-order valence-electron chi connectivity index (χ1n) is 9.20. The van der Waals surface area contributed by atoms with Gasteiger partial charge in [-0.05, 0) is 43.0 Å². The molecule has 26 heavy (non-hydrogen) atoms. The van der Waals surface area contributed by atoms with Gasteiger partial charge < -0.3 is 14.4 Å². The number of amides is 1. The smallest absolute Gasteiger partial charge is 0.242 e. The van der Waals surface area contributed by atoms with Crippen molar-refractivity contribution < 1.29 is 4.79 Å². The van der Waals surface area contributed by atoms with E-state index in [1.807, 2.05) is 40.9 Å². The van der Waals surface area contributed by atoms with E-state index < -0.39 is 0 Å². The quantitative estimate of drug-likeness (QED) is 0.730. The van der Waals surface area contributed by atoms with Crippen LogP contribution in [0.3, 0.4) is 0 Å². The highest BCUT2D eigenvalue weighted by Crippen LogP contribution is 2.18. The fraction of sp³-hybridized carbons (Fsp3) is 0.333. The molecule has 0 bridgehead atoms. The third-order valence-corrected chi connectivity index (χ3v) is 5.08. The number of pyridine rings is 1. The van der Waals surface area contributed by atoms with Crippen molar-refractivity contribution in [2.75, 3.05) is 31.1 Å². The standard InChI is InChI=1S/C21H24N4O/c1-17-15-19(7-9-22-17)23-10-4-11-24(14-13-23)21(26)16-25-12-8-18-5-2-3-6-20(18)25/h2-3,5-9,12,15H,4,10-11,13-14,16H2,1H3. The average Bonchev–Trinajstić information content (AvgIpc) is 2.89. The minimum Gasteiger partial charge on any atom is -0.370 e. The van der Waals surface area contributed by atoms with Gasteiger partial charge in [0.15, 0.2) is 0 Å². The van der Waals surface area contributed by atoms with Gasteiger partial charge in [-0.1, -0.05) is 18.2 Å². The van der Waals surface area contributed by atoms with E-state index in [0.717, 1.165) is 43.8 Å². The van der Waals surface area contributed by atoms with Gasteiger partial charge >= 0.3 is 0 Å². The van der Waals surface area contributed by atoms with E-state index in [2.05, 4.69) is 40.2 Å². The molecular formula is C21H24N4O. The molecule has 1 amide bonds. The SMILES string of the molecule is Cc1cc(N2CCCN(C(=O)Cn3ccc4ccccc43)CC2)ccn1. The van der Waals surface area contributed by atoms with Crippen LogP contribution in [0, 0.1) is 6.92 Å². The predicted molar refractivity (Wildman–Crippen MR) is 104 cm³/mol. The summed E-state index contributed by atoms with van der Waals surface area (Å²) in [6, 6.07) is 14.4. The summed E-state index contributed by atoms with van der Waals surface area (Å²) in [5.41, 5.74) is 3.34. The van der Waals surface area contributed by atoms with Gasteiger partial charge in [0.2, 0.25) is 5.91 Å². The van der Waals surface area contributed by atoms with E-state index in [0.29, 0.717) is 6.54 Å². The van der Waals surface area contributed by atoms with Gasteiger partial charge in [0.25, 0.3) is 0 Å². The van der Waals surface area contributed by atoms with E-state index in [4.69, 9.17) is 0 Å². The lowest BCUT2D eigenvalue weighted by Gasteiger charge is -2.24. The molecule has 1 fully saturated rings. The molecule has 0 atom stereocenters. The Morgan fingerprint density at radius 1 is 1.08 bits per heavy atom. The van der Waals surface area contributed by atoms with Crippen LogP contribution >= 0.6 is 0 Å². The molecule has 0 unspecified atom stereocenters. The van der Waals surface area contributed by atoms with Crippen LogP contribution in [0.4, 0.5) is 5.69 Å². The number of rotatable bonds is 3. The maximum Gasteiger partial charge on any atom is 0.242 e. The monoisotopic (exact) mass is 348 g/mol. The Hall–Kier alpha value is -2.82. The summed E-state index contributed by atoms with van der Waals surface area (Å²) in [5, 5.41) is 1.18. The van der Waals surface area contributed by atoms with Crippen LogP contribution in [0.1, 0.15) is 12.1 Å². The zero-order valence-corrected chi connectivity index (χ0v) is 15.1. The van der Waals surface area contributed by atoms with Gasteiger partial charge in [0.05, 0.1) is 0 Å². The Morgan fingerprint density at radius 2 is 1.96 bits per heavy atom. The minimum atomic E-state index is 0.194. The highest BCUT2D eigenvalue weighted by molar-refractivity contribution is 5.83. The molecule has 0 aliphatic carbocycles. The van der Waals surface area contributed by atoms with Gasteiger partial charge in [-0.2, -0.15) is 0 Å². The van der Waals surface area contributed by atoms with E-state index in [-0.39, 0.29) is 5.91 Å². The summed E-state index contributed by atoms with van der Waals surface area (Å²) < 4.78 is 2.05. The molecule has 1 aliphatic heterocycles. The number of para-hydroxylation sites is 1. The number of hydrogen-bond acceptors (Lipinski definition) is 3. The molecule has 1 saturated heterocycles. The number of hydrogen-bond donors (Lipinski definition) is 0. The van der Waals surface area contributed by atoms with Crippen LogP contribution in [0.2, 0.25) is 0 Å². The van der Waals surface area contributed by atoms with Crippen molar-refractivity contribution in [2.24, 2.45) is 0 Å². The fourth-order valence-electron chi connectivity index (χ4n) is 3.68. The molecular weight excluding hydrogens is 324 g/mol. The largest absolute Gasteiger partial charge is 0.370 e. The lowest BCUT2D eigenvalue weighted by molar-refractivity contribution is -0.131. The molecule has 5 heteroatoms. The Labute approximate surface area is 153 Å². The molecule has 2 aromatic heterocycles. The maximum absolute atomic E-state index is 12.8. The Morgan fingerprint density at radius 3 is 2.85 bits per heavy atom. The molecule has 5 nitrogen and oxygen atoms in total. The van der Waals surface area contributed by atoms with Crippen LogP contribution in [0.15, 0.2) is 54.9 Å². The Kier molecular flexibility index (Phi) is 4.61. The van der Waals surface area contributed by atoms with Gasteiger partial charge in [-0.25, -0.2) is 0 Å². The zero-order valence-electron chi connectivity index (χ0n) is 15.1. The van der Waals surface area contributed by atoms with Crippen molar-refractivity contribution in [1.82, 2.24) is 14.5 Å². The van der Waals surface area contributed by atoms with E-state index in [1.54, 1.807) is 0 Å². The highest BCUT2D eigenvalue weighted by Gasteiger charge is 2.20. The molecule has 0 saturated carbocycles. The first-order chi connectivity index (χ1) is 12.7. The molecule has 4 rings (SSSR count). The van der Waals surface area contributed by atoms with Crippen molar-refractivity contribution in [2.45, 2.75) is 19.9 Å². The van der Waals surface area contributed by atoms with Crippen molar-refractivity contribution >= 4 is 22.5 Å². The first kappa shape index (κ1) is 16.6. The number of nitrogens with zero attached hydrogens (tertiary/aromatic N) is 4. The molecule has 0 N–H and O–H groups in total. The molecule has 134 valence electrons. The minimum absolute atomic E-state index is 0.194. The molecule has 3 heterocycles. The Balaban J connectivity index is 1.43. The van der Waals surface area contributed by atoms with Gasteiger partial charge in [0, 0.05) is 55.5 Å². The number of benzene rings is 1. The summed E-state index contributed by atoms with van der Waals surface area (Å²) >= 11 is 0. The van der Waals surface area contributed by atoms with E-state index >= 15 is 0 Å². The summed E-state index contributed by atoms with van der Waals surface area (Å²) in [5.74, 6) is 0.194. The van der Waals surface area contributed by atoms with Crippen LogP contribution in [-0.4, -0.2) is 46.5 Å². The molecule has 3 aromatic rings. The van der Waals surface area contributed by atoms with Gasteiger partial charge in [-0.3, -0.25) is 9.78 Å². The second kappa shape index (κ2) is 7.20. The van der Waals surface area contributed by atoms with Crippen LogP contribution < -0.4 is 4.90 Å². The summed E-state index contributed by atoms with van der Waals surface area (Å²) in [6.07, 6.45) is 4.85. The lowest BCUT2D eigenvalue weighted by atomic mass is 10.2. The topological polar surface area (TPSA) is 41.4 Å². The fourth-order valence-corrected chi connectivity index (χ4v) is 3.68. The lowest BCUT2D eigenvalue weighted by Crippen LogP contribution is -2.37. The van der Waals surface area contributed by atoms with Gasteiger partial charge in [-0.15, -0.1) is 0 Å². The van der Waals surface area contributed by atoms with Gasteiger partial charge in [0.1, 0.15) is 6.54 Å². The molecule has 1 aliphatic rings. The Bertz CT molecular complexity index is 917. The van der Waals surface area contributed by atoms with Crippen molar-refractivity contribution in [3.63, 3.8) is 0 Å². The molecule has 1 aromatic carbocycles. The van der Waals surface area contributed by atoms with Crippen LogP contribution in [0.5, 0.6) is 0 Å². The third kappa shape index (κ3) is 3.43. The van der Waals surface area contributed by atoms with E-state index in [9.17, 15) is 4.79 Å². The first-order valence-corrected chi connectivity index (χ1v) is 9.20. The summed E-state index contributed by atoms with van der Waals surface area (Å²) in [7, 11) is 0. The number of carbonyl (C=O) groups excluding carboxylic acids is 1. The second-order valence-corrected chi connectivity index (χ2v) is 6.88. The number of fused-ring (bicyclic) bond motifs is 1. The number of carbonyl (C=O) groups is 1. The van der Waals surface area contributed by atoms with Crippen molar-refractivity contribution in [3.8, 4) is 0 Å². The normalized spacial score (nSPS) is 15.3. The zero-order chi connectivity index (χ0) is 17.9. The average molecular weight is 348 g/mol. The van der Waals surface area contributed by atoms with Crippen molar-refractivity contribution in [3.05, 3.63) is 60.6 Å². The highest BCUT2D eigenvalue weighted by atomic mass is 16.2. The van der Waals surface area contributed by atoms with Crippen LogP contribution in [-0.2, 0) is 11.3 Å². The number of aryl methyl sites for hydroxylation is 1. The predicted octanol–water partition coefficient (Wildman–Crippen LogP) is 3.08. The number of aromatic nitrogens is 2. The van der Waals surface area contributed by atoms with Crippen molar-refractivity contribution in [1.29, 1.82) is 0 Å². The van der Waals surface area contributed by atoms with Crippen LogP contribution in [0.25, 0.3) is 10.9 Å². The molecule has 0 spiro atoms. The summed E-state index contributed by atoms with van der Waals surface area (Å²) in [6.45, 7) is 5.83. The second-order valence-electron chi connectivity index (χ2n) is 6.88. The number of anilines is 1. The van der Waals surface area contributed by atoms with E-state index in [1.165, 1.54) is 11.1 Å². The summed E-state index contributed by atoms with van der Waals surface area (Å²) in [4.78, 5) is 21.5. The maximum atomic E-state index is 12.8.